The first-order valence-electron chi connectivity index (χ1n) is 8.85. The molecular weight excluding hydrogens is 340 g/mol. The molecule has 0 unspecified atom stereocenters. The second kappa shape index (κ2) is 7.07. The van der Waals surface area contributed by atoms with Crippen molar-refractivity contribution in [2.75, 3.05) is 6.54 Å². The highest BCUT2D eigenvalue weighted by Gasteiger charge is 2.40. The molecule has 136 valence electrons. The molecule has 27 heavy (non-hydrogen) atoms. The van der Waals surface area contributed by atoms with Gasteiger partial charge in [0.1, 0.15) is 5.92 Å². The molecule has 2 aromatic carbocycles. The average Bonchev–Trinajstić information content (AvgIpc) is 3.23. The van der Waals surface area contributed by atoms with Crippen LogP contribution in [0.5, 0.6) is 0 Å². The van der Waals surface area contributed by atoms with Crippen LogP contribution < -0.4 is 10.7 Å². The predicted octanol–water partition coefficient (Wildman–Crippen LogP) is 2.16. The Labute approximate surface area is 156 Å². The molecule has 1 aliphatic heterocycles. The van der Waals surface area contributed by atoms with Gasteiger partial charge in [-0.2, -0.15) is 5.10 Å². The van der Waals surface area contributed by atoms with Gasteiger partial charge in [-0.3, -0.25) is 9.59 Å². The summed E-state index contributed by atoms with van der Waals surface area (Å²) in [6, 6.07) is 17.6. The summed E-state index contributed by atoms with van der Waals surface area (Å²) < 4.78 is 2.01. The van der Waals surface area contributed by atoms with Gasteiger partial charge in [-0.15, -0.1) is 0 Å². The summed E-state index contributed by atoms with van der Waals surface area (Å²) in [5.74, 6) is -1.62. The number of para-hydroxylation sites is 1. The average molecular weight is 360 g/mol. The molecule has 1 fully saturated rings. The number of nitrogens with zero attached hydrogens (tertiary/aromatic N) is 2. The van der Waals surface area contributed by atoms with E-state index in [0.717, 1.165) is 22.0 Å². The summed E-state index contributed by atoms with van der Waals surface area (Å²) in [5.41, 5.74) is 5.50. The van der Waals surface area contributed by atoms with Gasteiger partial charge < -0.3 is 9.88 Å². The lowest BCUT2D eigenvalue weighted by Gasteiger charge is -2.15. The van der Waals surface area contributed by atoms with E-state index in [1.807, 2.05) is 72.4 Å². The van der Waals surface area contributed by atoms with Crippen LogP contribution in [0, 0.1) is 5.92 Å². The summed E-state index contributed by atoms with van der Waals surface area (Å²) in [6.07, 6.45) is 3.57. The van der Waals surface area contributed by atoms with Crippen molar-refractivity contribution < 1.29 is 9.59 Å². The molecule has 1 aliphatic rings. The second-order valence-corrected chi connectivity index (χ2v) is 6.69. The third-order valence-electron chi connectivity index (χ3n) is 5.00. The Morgan fingerprint density at radius 3 is 2.74 bits per heavy atom. The molecule has 0 spiro atoms. The maximum absolute atomic E-state index is 12.6. The van der Waals surface area contributed by atoms with E-state index in [4.69, 9.17) is 0 Å². The van der Waals surface area contributed by atoms with Crippen LogP contribution in [-0.4, -0.2) is 29.1 Å². The molecule has 0 aliphatic carbocycles. The highest BCUT2D eigenvalue weighted by Crippen LogP contribution is 2.29. The quantitative estimate of drug-likeness (QED) is 0.425. The second-order valence-electron chi connectivity index (χ2n) is 6.69. The fourth-order valence-corrected chi connectivity index (χ4v) is 3.64. The van der Waals surface area contributed by atoms with Crippen LogP contribution in [-0.2, 0) is 16.6 Å². The van der Waals surface area contributed by atoms with Crippen molar-refractivity contribution in [3.8, 4) is 0 Å². The molecule has 4 rings (SSSR count). The fraction of sp³-hybridized carbons (Fsp3) is 0.190. The third kappa shape index (κ3) is 3.21. The van der Waals surface area contributed by atoms with Crippen LogP contribution in [0.2, 0.25) is 0 Å². The van der Waals surface area contributed by atoms with Crippen molar-refractivity contribution in [1.82, 2.24) is 15.3 Å². The predicted molar refractivity (Wildman–Crippen MR) is 104 cm³/mol. The molecule has 2 N–H and O–H groups in total. The molecule has 1 saturated heterocycles. The minimum absolute atomic E-state index is 0.188. The van der Waals surface area contributed by atoms with Gasteiger partial charge in [0.25, 0.3) is 5.91 Å². The summed E-state index contributed by atoms with van der Waals surface area (Å²) in [4.78, 5) is 24.8. The highest BCUT2D eigenvalue weighted by atomic mass is 16.2. The first-order valence-corrected chi connectivity index (χ1v) is 8.85. The molecule has 2 amide bonds. The molecule has 2 heterocycles. The number of benzene rings is 2. The van der Waals surface area contributed by atoms with Crippen molar-refractivity contribution in [3.63, 3.8) is 0 Å². The molecule has 6 heteroatoms. The van der Waals surface area contributed by atoms with Gasteiger partial charge in [0.2, 0.25) is 5.91 Å². The molecule has 3 aromatic rings. The molecule has 0 radical (unpaired) electrons. The zero-order valence-electron chi connectivity index (χ0n) is 14.9. The van der Waals surface area contributed by atoms with Crippen LogP contribution >= 0.6 is 0 Å². The number of carbonyl (C=O) groups is 2. The molecular formula is C21H20N4O2. The Kier molecular flexibility index (Phi) is 4.46. The number of nitrogens with one attached hydrogen (secondary N) is 2. The maximum Gasteiger partial charge on any atom is 0.253 e. The van der Waals surface area contributed by atoms with Crippen LogP contribution in [0.15, 0.2) is 65.9 Å². The lowest BCUT2D eigenvalue weighted by Crippen LogP contribution is -2.34. The summed E-state index contributed by atoms with van der Waals surface area (Å²) in [5, 5.41) is 7.93. The van der Waals surface area contributed by atoms with E-state index in [1.165, 1.54) is 0 Å². The van der Waals surface area contributed by atoms with Gasteiger partial charge in [-0.05, 0) is 11.6 Å². The maximum atomic E-state index is 12.6. The number of fused-ring (bicyclic) bond motifs is 1. The molecule has 1 aromatic heterocycles. The Morgan fingerprint density at radius 2 is 1.93 bits per heavy atom. The lowest BCUT2D eigenvalue weighted by atomic mass is 9.88. The smallest absolute Gasteiger partial charge is 0.253 e. The molecule has 0 saturated carbocycles. The monoisotopic (exact) mass is 360 g/mol. The van der Waals surface area contributed by atoms with Gasteiger partial charge in [0.15, 0.2) is 0 Å². The number of carbonyl (C=O) groups excluding carboxylic acids is 2. The summed E-state index contributed by atoms with van der Waals surface area (Å²) in [6.45, 7) is 0.452. The van der Waals surface area contributed by atoms with E-state index < -0.39 is 11.8 Å². The van der Waals surface area contributed by atoms with E-state index in [1.54, 1.807) is 6.21 Å². The lowest BCUT2D eigenvalue weighted by molar-refractivity contribution is -0.133. The third-order valence-corrected chi connectivity index (χ3v) is 5.00. The number of hydrogen-bond donors (Lipinski definition) is 2. The van der Waals surface area contributed by atoms with Crippen LogP contribution in [0.1, 0.15) is 17.0 Å². The first kappa shape index (κ1) is 17.0. The van der Waals surface area contributed by atoms with E-state index in [0.29, 0.717) is 6.54 Å². The Hall–Kier alpha value is -3.41. The minimum Gasteiger partial charge on any atom is -0.355 e. The molecule has 6 nitrogen and oxygen atoms in total. The van der Waals surface area contributed by atoms with Crippen molar-refractivity contribution in [3.05, 3.63) is 71.9 Å². The Balaban J connectivity index is 1.51. The number of rotatable bonds is 4. The number of amides is 2. The number of hydrazone groups is 1. The van der Waals surface area contributed by atoms with Crippen LogP contribution in [0.3, 0.4) is 0 Å². The van der Waals surface area contributed by atoms with Gasteiger partial charge in [-0.1, -0.05) is 48.5 Å². The fourth-order valence-electron chi connectivity index (χ4n) is 3.64. The van der Waals surface area contributed by atoms with E-state index in [-0.39, 0.29) is 11.8 Å². The number of aromatic nitrogens is 1. The zero-order chi connectivity index (χ0) is 18.8. The first-order chi connectivity index (χ1) is 13.1. The summed E-state index contributed by atoms with van der Waals surface area (Å²) in [7, 11) is 1.96. The molecule has 0 bridgehead atoms. The SMILES string of the molecule is Cn1cc(C=NNC(=O)[C@@H]2C(=O)NC[C@@H]2c2ccccc2)c2ccccc21. The highest BCUT2D eigenvalue weighted by molar-refractivity contribution is 6.04. The largest absolute Gasteiger partial charge is 0.355 e. The summed E-state index contributed by atoms with van der Waals surface area (Å²) >= 11 is 0. The van der Waals surface area contributed by atoms with Gasteiger partial charge in [-0.25, -0.2) is 5.43 Å². The minimum atomic E-state index is -0.780. The zero-order valence-corrected chi connectivity index (χ0v) is 14.9. The van der Waals surface area contributed by atoms with E-state index >= 15 is 0 Å². The van der Waals surface area contributed by atoms with E-state index in [9.17, 15) is 9.59 Å². The van der Waals surface area contributed by atoms with Crippen LogP contribution in [0.4, 0.5) is 0 Å². The van der Waals surface area contributed by atoms with Crippen molar-refractivity contribution >= 4 is 28.9 Å². The molecule has 2 atom stereocenters. The normalized spacial score (nSPS) is 19.5. The van der Waals surface area contributed by atoms with E-state index in [2.05, 4.69) is 15.8 Å². The van der Waals surface area contributed by atoms with Gasteiger partial charge in [0, 0.05) is 42.2 Å². The number of hydrogen-bond acceptors (Lipinski definition) is 3. The number of aryl methyl sites for hydroxylation is 1. The van der Waals surface area contributed by atoms with Crippen molar-refractivity contribution in [1.29, 1.82) is 0 Å². The Bertz CT molecular complexity index is 1020. The van der Waals surface area contributed by atoms with Crippen molar-refractivity contribution in [2.45, 2.75) is 5.92 Å². The van der Waals surface area contributed by atoms with Crippen LogP contribution in [0.25, 0.3) is 10.9 Å². The van der Waals surface area contributed by atoms with Gasteiger partial charge in [0.05, 0.1) is 6.21 Å². The van der Waals surface area contributed by atoms with Gasteiger partial charge >= 0.3 is 0 Å². The Morgan fingerprint density at radius 1 is 1.19 bits per heavy atom. The standard InChI is InChI=1S/C21H20N4O2/c1-25-13-15(16-9-5-6-10-18(16)25)11-23-24-21(27)19-17(12-22-20(19)26)14-7-3-2-4-8-14/h2-11,13,17,19H,12H2,1H3,(H,22,26)(H,24,27)/t17-,19+/m1/s1. The van der Waals surface area contributed by atoms with Crippen molar-refractivity contribution in [2.24, 2.45) is 18.1 Å². The topological polar surface area (TPSA) is 75.5 Å².